The number of ether oxygens (including phenoxy) is 10. The Kier molecular flexibility index (Phi) is 49.2. The molecule has 796 valence electrons. The number of carbonyl (C=O) groups excluding carboxylic acids is 3. The minimum Gasteiger partial charge on any atom is -0.508 e. The van der Waals surface area contributed by atoms with Gasteiger partial charge in [0.15, 0.2) is 0 Å². The summed E-state index contributed by atoms with van der Waals surface area (Å²) in [6, 6.07) is 64.7. The number of nitrogens with zero attached hydrogens (tertiary/aromatic N) is 2. The van der Waals surface area contributed by atoms with Crippen molar-refractivity contribution in [2.45, 2.75) is 172 Å². The summed E-state index contributed by atoms with van der Waals surface area (Å²) in [5, 5.41) is 46.6. The maximum atomic E-state index is 11.9. The summed E-state index contributed by atoms with van der Waals surface area (Å²) in [6.07, 6.45) is 19.2. The summed E-state index contributed by atoms with van der Waals surface area (Å²) in [7, 11) is 0. The molecule has 150 heavy (non-hydrogen) atoms. The third-order valence-corrected chi connectivity index (χ3v) is 27.8. The number of aldehydes is 1. The van der Waals surface area contributed by atoms with Gasteiger partial charge in [-0.15, -0.1) is 11.6 Å². The number of halogens is 1. The van der Waals surface area contributed by atoms with Crippen molar-refractivity contribution in [3.63, 3.8) is 0 Å². The smallest absolute Gasteiger partial charge is 0.306 e. The second-order valence-electron chi connectivity index (χ2n) is 36.6. The predicted octanol–water partition coefficient (Wildman–Crippen LogP) is 26.6. The maximum Gasteiger partial charge on any atom is 0.306 e. The number of aromatic hydroxyl groups is 2. The van der Waals surface area contributed by atoms with Gasteiger partial charge in [-0.2, -0.15) is 47.0 Å². The maximum absolute atomic E-state index is 11.9. The molecule has 3 aliphatic heterocycles. The first-order chi connectivity index (χ1) is 72.4. The number of carboxylic acid groups (broad SMARTS) is 1. The second kappa shape index (κ2) is 62.1. The van der Waals surface area contributed by atoms with Gasteiger partial charge in [-0.25, -0.2) is 9.97 Å². The number of hydrogen-bond donors (Lipinski definition) is 6. The number of carboxylic acids is 1. The number of aliphatic hydroxyl groups excluding tert-OH is 2. The van der Waals surface area contributed by atoms with Crippen LogP contribution in [0, 0.1) is 69.2 Å². The van der Waals surface area contributed by atoms with E-state index in [1.165, 1.54) is 61.9 Å². The topological polar surface area (TPSA) is 320 Å². The lowest BCUT2D eigenvalue weighted by atomic mass is 9.94. The van der Waals surface area contributed by atoms with Crippen molar-refractivity contribution in [1.82, 2.24) is 15.0 Å². The molecule has 0 saturated heterocycles. The van der Waals surface area contributed by atoms with Gasteiger partial charge in [0.1, 0.15) is 65.5 Å². The molecule has 6 heterocycles. The molecule has 0 amide bonds. The average molecular weight is 2130 g/mol. The van der Waals surface area contributed by atoms with E-state index in [0.29, 0.717) is 87.2 Å². The third-order valence-electron chi connectivity index (χ3n) is 24.8. The first kappa shape index (κ1) is 119. The number of phenols is 2. The molecule has 13 aromatic rings. The van der Waals surface area contributed by atoms with Gasteiger partial charge in [0.25, 0.3) is 5.56 Å². The van der Waals surface area contributed by atoms with Crippen LogP contribution in [-0.2, 0) is 50.3 Å². The quantitative estimate of drug-likeness (QED) is 0.00899. The number of aromatic nitrogens is 3. The van der Waals surface area contributed by atoms with Gasteiger partial charge < -0.3 is 77.9 Å². The van der Waals surface area contributed by atoms with Crippen LogP contribution >= 0.6 is 58.6 Å². The van der Waals surface area contributed by atoms with Gasteiger partial charge in [-0.05, 0) is 381 Å². The number of nitrogens with one attached hydrogen (secondary N) is 1. The van der Waals surface area contributed by atoms with Crippen LogP contribution < -0.4 is 43.5 Å². The molecular formula is C122H142ClN3O20S4. The molecule has 3 aromatic heterocycles. The fourth-order valence-corrected chi connectivity index (χ4v) is 20.1. The Morgan fingerprint density at radius 3 is 1.05 bits per heavy atom. The van der Waals surface area contributed by atoms with Crippen molar-refractivity contribution in [3.05, 3.63) is 329 Å². The third kappa shape index (κ3) is 36.5. The van der Waals surface area contributed by atoms with E-state index in [1.807, 2.05) is 148 Å². The average Bonchev–Trinajstić information content (AvgIpc) is 1.39. The van der Waals surface area contributed by atoms with Gasteiger partial charge in [-0.3, -0.25) is 24.0 Å². The molecule has 16 rings (SSSR count). The standard InChI is InChI=1S/C30H35NO5S.C28H31NO5S.C19H24O2S.C15H16O2.C15H14O2.C11H13NO4.C4H9ClS/c1-5-33-29(32)15-24-19-35-27-16-28(31-17-26(24)27)36-18-22-8-6-9-23(14-22)30-20(2)12-25(13-21(30)3)34-10-7-11-37-4;1-18-10-23(32-8-5-9-35-3)11-19(2)28(18)21-7-4-6-20(12-21)16-34-26-14-25-24(15-29-26)22(17-33-25)13-27(30)31;1-14-10-18(21-8-5-9-22-3)11-15(2)19(14)17-7-4-6-16(12-17)13-20;2*1-10-6-14(17)7-11(2)15(10)13-5-3-4-12(8-13)9-16;1-2-15-11(14)3-7-6-16-9-4-10(13)12-5-8(7)9;1-6-4-2-3-5/h6,8-9,12-14,16-17,24H,5,7,10-11,15,18-19H2,1-4H3;4,6-7,10-12,14-15,22H,5,8-9,13,16-17H2,1-3H3,(H,30,31);4,6-7,10-12,20H,5,8-9,13H2,1-3H3;3-8,16-17H,9H2,1-2H3;3-9,17H,1-2H3;4-5,7H,2-3,6H2,1H3,(H,12,13);2-4H2,1H3/t24-;22-;;;;7-;/m11...1./s1. The van der Waals surface area contributed by atoms with Gasteiger partial charge >= 0.3 is 17.9 Å². The van der Waals surface area contributed by atoms with Gasteiger partial charge in [0.2, 0.25) is 11.8 Å². The lowest BCUT2D eigenvalue weighted by molar-refractivity contribution is -0.144. The summed E-state index contributed by atoms with van der Waals surface area (Å²) in [6.45, 7) is 29.3. The normalized spacial score (nSPS) is 13.0. The van der Waals surface area contributed by atoms with Crippen LogP contribution in [0.1, 0.15) is 181 Å². The summed E-state index contributed by atoms with van der Waals surface area (Å²) >= 11 is 12.7. The Balaban J connectivity index is 0.000000187. The highest BCUT2D eigenvalue weighted by molar-refractivity contribution is 7.99. The summed E-state index contributed by atoms with van der Waals surface area (Å²) < 4.78 is 56.5. The largest absolute Gasteiger partial charge is 0.508 e. The molecule has 3 aliphatic rings. The van der Waals surface area contributed by atoms with E-state index in [2.05, 4.69) is 160 Å². The Morgan fingerprint density at radius 2 is 0.720 bits per heavy atom. The number of fused-ring (bicyclic) bond motifs is 3. The zero-order chi connectivity index (χ0) is 108. The molecule has 0 saturated carbocycles. The lowest BCUT2D eigenvalue weighted by Crippen LogP contribution is -2.11. The Labute approximate surface area is 905 Å². The fourth-order valence-electron chi connectivity index (χ4n) is 18.1. The number of hydrogen-bond acceptors (Lipinski definition) is 25. The number of benzene rings is 10. The van der Waals surface area contributed by atoms with Crippen molar-refractivity contribution in [3.8, 4) is 113 Å². The number of H-pyrrole nitrogens is 1. The number of carbonyl (C=O) groups is 4. The molecule has 28 heteroatoms. The number of phenolic OH excluding ortho intramolecular Hbond substituents is 2. The van der Waals surface area contributed by atoms with E-state index >= 15 is 0 Å². The van der Waals surface area contributed by atoms with Crippen molar-refractivity contribution in [2.75, 3.05) is 107 Å². The number of thioether (sulfide) groups is 4. The summed E-state index contributed by atoms with van der Waals surface area (Å²) in [5.41, 5.74) is 29.6. The number of aliphatic hydroxyl groups is 2. The zero-order valence-electron chi connectivity index (χ0n) is 88.8. The molecule has 10 aromatic carbocycles. The minimum atomic E-state index is -0.842. The van der Waals surface area contributed by atoms with Crippen molar-refractivity contribution < 1.29 is 92.1 Å². The molecule has 0 spiro atoms. The number of aryl methyl sites for hydroxylation is 10. The molecular weight excluding hydrogens is 1990 g/mol. The molecule has 0 bridgehead atoms. The zero-order valence-corrected chi connectivity index (χ0v) is 92.9. The Bertz CT molecular complexity index is 6550. The first-order valence-corrected chi connectivity index (χ1v) is 56.4. The Hall–Kier alpha value is -12.9. The molecule has 6 N–H and O–H groups in total. The molecule has 23 nitrogen and oxygen atoms in total. The number of aliphatic carboxylic acids is 1. The van der Waals surface area contributed by atoms with E-state index in [4.69, 9.17) is 69.2 Å². The molecule has 0 unspecified atom stereocenters. The van der Waals surface area contributed by atoms with E-state index < -0.39 is 5.97 Å². The van der Waals surface area contributed by atoms with E-state index in [1.54, 1.807) is 74.9 Å². The number of alkyl halides is 1. The highest BCUT2D eigenvalue weighted by Gasteiger charge is 2.31. The van der Waals surface area contributed by atoms with Gasteiger partial charge in [-0.1, -0.05) is 91.0 Å². The predicted molar refractivity (Wildman–Crippen MR) is 610 cm³/mol. The summed E-state index contributed by atoms with van der Waals surface area (Å²) in [4.78, 5) is 67.4. The van der Waals surface area contributed by atoms with Crippen LogP contribution in [-0.4, -0.2) is 171 Å². The van der Waals surface area contributed by atoms with Crippen LogP contribution in [0.4, 0.5) is 0 Å². The van der Waals surface area contributed by atoms with E-state index in [0.717, 1.165) is 198 Å². The van der Waals surface area contributed by atoms with Crippen LogP contribution in [0.15, 0.2) is 224 Å². The van der Waals surface area contributed by atoms with Crippen LogP contribution in [0.5, 0.6) is 57.8 Å². The molecule has 0 aliphatic carbocycles. The lowest BCUT2D eigenvalue weighted by Gasteiger charge is -2.15. The van der Waals surface area contributed by atoms with Crippen molar-refractivity contribution in [1.29, 1.82) is 0 Å². The number of aromatic amines is 1. The molecule has 0 fully saturated rings. The van der Waals surface area contributed by atoms with Crippen LogP contribution in [0.3, 0.4) is 0 Å². The van der Waals surface area contributed by atoms with Gasteiger partial charge in [0, 0.05) is 82.7 Å². The number of rotatable bonds is 40. The monoisotopic (exact) mass is 2130 g/mol. The highest BCUT2D eigenvalue weighted by atomic mass is 35.5. The van der Waals surface area contributed by atoms with Gasteiger partial charge in [0.05, 0.1) is 85.3 Å². The van der Waals surface area contributed by atoms with Crippen LogP contribution in [0.2, 0.25) is 0 Å². The second-order valence-corrected chi connectivity index (χ2v) is 41.0. The minimum absolute atomic E-state index is 0.0223. The summed E-state index contributed by atoms with van der Waals surface area (Å²) in [5.74, 6) is 10.1. The van der Waals surface area contributed by atoms with E-state index in [9.17, 15) is 39.3 Å². The number of pyridine rings is 3. The van der Waals surface area contributed by atoms with Crippen LogP contribution in [0.25, 0.3) is 55.6 Å². The fraction of sp³-hybridized carbons (Fsp3) is 0.352. The SMILES string of the molecule is CCOC(=O)C[C@@H]1COc2cc(=O)[nH]cc21.CCOC(=O)C[C@@H]1COc2cc(OCc3cccc(-c4c(C)cc(OCCCSC)cc4C)c3)ncc21.CSCCCCl.CSCCCOc1cc(C)c(-c2cccc(CO)c2)c(C)c1.CSCCCOc1cc(C)c(-c2cccc(COc3cc4c(cn3)[C@H](CC(=O)O)CO4)c2)c(C)c1.Cc1cc(O)cc(C)c1-c1cccc(C=O)c1.Cc1cc(O)cc(C)c1-c1cccc(CO)c1. The number of esters is 2. The van der Waals surface area contributed by atoms with E-state index in [-0.39, 0.29) is 67.1 Å². The van der Waals surface area contributed by atoms with Crippen molar-refractivity contribution in [2.24, 2.45) is 0 Å². The molecule has 0 radical (unpaired) electrons. The highest BCUT2D eigenvalue weighted by Crippen LogP contribution is 2.43. The Morgan fingerprint density at radius 1 is 0.407 bits per heavy atom. The first-order valence-electron chi connectivity index (χ1n) is 50.3. The van der Waals surface area contributed by atoms with Crippen molar-refractivity contribution >= 4 is 82.8 Å². The molecule has 3 atom stereocenters.